The molecule has 3 aromatic rings. The van der Waals surface area contributed by atoms with Gasteiger partial charge in [0.15, 0.2) is 0 Å². The summed E-state index contributed by atoms with van der Waals surface area (Å²) in [6, 6.07) is 14.7. The molecule has 7 nitrogen and oxygen atoms in total. The van der Waals surface area contributed by atoms with Crippen LogP contribution < -0.4 is 20.8 Å². The maximum absolute atomic E-state index is 13.5. The fourth-order valence-corrected chi connectivity index (χ4v) is 3.60. The average Bonchev–Trinajstić information content (AvgIpc) is 3.23. The van der Waals surface area contributed by atoms with Crippen molar-refractivity contribution in [1.82, 2.24) is 4.57 Å². The van der Waals surface area contributed by atoms with Gasteiger partial charge in [0.1, 0.15) is 28.9 Å². The molecule has 1 aromatic carbocycles. The second kappa shape index (κ2) is 7.24. The third-order valence-corrected chi connectivity index (χ3v) is 5.01. The summed E-state index contributed by atoms with van der Waals surface area (Å²) >= 11 is 0. The Hall–Kier alpha value is -3.92. The molecule has 1 aliphatic rings. The highest BCUT2D eigenvalue weighted by Crippen LogP contribution is 2.41. The quantitative estimate of drug-likeness (QED) is 0.736. The third-order valence-electron chi connectivity index (χ3n) is 5.01. The number of nitrogens with zero attached hydrogens (tertiary/aromatic N) is 2. The van der Waals surface area contributed by atoms with Gasteiger partial charge in [-0.15, -0.1) is 0 Å². The second-order valence-electron chi connectivity index (χ2n) is 6.74. The van der Waals surface area contributed by atoms with Crippen LogP contribution >= 0.6 is 0 Å². The molecular formula is C22H19N3O4. The number of benzene rings is 1. The van der Waals surface area contributed by atoms with E-state index in [4.69, 9.17) is 19.6 Å². The molecule has 0 saturated heterocycles. The van der Waals surface area contributed by atoms with Crippen LogP contribution in [0.1, 0.15) is 28.5 Å². The smallest absolute Gasteiger partial charge is 0.259 e. The van der Waals surface area contributed by atoms with Crippen LogP contribution in [0, 0.1) is 18.3 Å². The molecule has 0 amide bonds. The summed E-state index contributed by atoms with van der Waals surface area (Å²) in [5.41, 5.74) is 7.74. The highest BCUT2D eigenvalue weighted by molar-refractivity contribution is 5.56. The standard InChI is InChI=1S/C22H19N3O4/c1-13-9-18-20(22(26)25(13)12-16-7-4-8-28-16)19(17(11-23)21(24)29-18)14-5-3-6-15(10-14)27-2/h3-10,19H,12,24H2,1-2H3/t19-/m1/s1. The number of hydrogen-bond donors (Lipinski definition) is 1. The number of rotatable bonds is 4. The van der Waals surface area contributed by atoms with E-state index >= 15 is 0 Å². The first-order chi connectivity index (χ1) is 14.0. The fraction of sp³-hybridized carbons (Fsp3) is 0.182. The molecule has 0 saturated carbocycles. The zero-order chi connectivity index (χ0) is 20.5. The van der Waals surface area contributed by atoms with Crippen LogP contribution in [0.2, 0.25) is 0 Å². The normalized spacial score (nSPS) is 15.4. The van der Waals surface area contributed by atoms with E-state index in [2.05, 4.69) is 6.07 Å². The molecule has 0 radical (unpaired) electrons. The summed E-state index contributed by atoms with van der Waals surface area (Å²) in [4.78, 5) is 13.5. The molecule has 0 bridgehead atoms. The Morgan fingerprint density at radius 2 is 2.10 bits per heavy atom. The number of nitrogens with two attached hydrogens (primary N) is 1. The van der Waals surface area contributed by atoms with Gasteiger partial charge >= 0.3 is 0 Å². The molecule has 0 spiro atoms. The van der Waals surface area contributed by atoms with E-state index in [0.717, 1.165) is 5.56 Å². The van der Waals surface area contributed by atoms with Gasteiger partial charge in [-0.2, -0.15) is 5.26 Å². The molecule has 146 valence electrons. The van der Waals surface area contributed by atoms with Gasteiger partial charge in [0.05, 0.1) is 31.4 Å². The molecule has 2 N–H and O–H groups in total. The van der Waals surface area contributed by atoms with Crippen molar-refractivity contribution in [2.75, 3.05) is 7.11 Å². The maximum atomic E-state index is 13.5. The molecule has 1 atom stereocenters. The van der Waals surface area contributed by atoms with Crippen LogP contribution in [0.5, 0.6) is 11.5 Å². The monoisotopic (exact) mass is 389 g/mol. The molecular weight excluding hydrogens is 370 g/mol. The summed E-state index contributed by atoms with van der Waals surface area (Å²) in [6.45, 7) is 2.09. The second-order valence-corrected chi connectivity index (χ2v) is 6.74. The van der Waals surface area contributed by atoms with Crippen LogP contribution in [-0.4, -0.2) is 11.7 Å². The predicted octanol–water partition coefficient (Wildman–Crippen LogP) is 3.02. The molecule has 3 heterocycles. The first kappa shape index (κ1) is 18.4. The van der Waals surface area contributed by atoms with Gasteiger partial charge < -0.3 is 24.2 Å². The van der Waals surface area contributed by atoms with Crippen molar-refractivity contribution in [3.63, 3.8) is 0 Å². The molecule has 4 rings (SSSR count). The fourth-order valence-electron chi connectivity index (χ4n) is 3.60. The van der Waals surface area contributed by atoms with E-state index in [9.17, 15) is 10.1 Å². The minimum absolute atomic E-state index is 0.00426. The molecule has 29 heavy (non-hydrogen) atoms. The topological polar surface area (TPSA) is 103 Å². The molecule has 7 heteroatoms. The number of furan rings is 1. The van der Waals surface area contributed by atoms with Crippen molar-refractivity contribution >= 4 is 0 Å². The van der Waals surface area contributed by atoms with Crippen LogP contribution in [0.25, 0.3) is 0 Å². The van der Waals surface area contributed by atoms with Gasteiger partial charge in [0.2, 0.25) is 5.88 Å². The minimum atomic E-state index is -0.658. The molecule has 0 unspecified atom stereocenters. The van der Waals surface area contributed by atoms with Crippen molar-refractivity contribution < 1.29 is 13.9 Å². The third kappa shape index (κ3) is 3.15. The van der Waals surface area contributed by atoms with E-state index < -0.39 is 5.92 Å². The van der Waals surface area contributed by atoms with E-state index in [1.165, 1.54) is 0 Å². The average molecular weight is 389 g/mol. The first-order valence-corrected chi connectivity index (χ1v) is 9.01. The maximum Gasteiger partial charge on any atom is 0.259 e. The largest absolute Gasteiger partial charge is 0.497 e. The summed E-state index contributed by atoms with van der Waals surface area (Å²) in [6.07, 6.45) is 1.56. The van der Waals surface area contributed by atoms with Gasteiger partial charge in [-0.3, -0.25) is 4.79 Å². The number of hydrogen-bond acceptors (Lipinski definition) is 6. The Kier molecular flexibility index (Phi) is 4.61. The van der Waals surface area contributed by atoms with E-state index in [1.807, 2.05) is 19.1 Å². The van der Waals surface area contributed by atoms with Crippen LogP contribution in [0.4, 0.5) is 0 Å². The summed E-state index contributed by atoms with van der Waals surface area (Å²) in [5.74, 6) is 0.965. The number of aromatic nitrogens is 1. The lowest BCUT2D eigenvalue weighted by Gasteiger charge is -2.27. The van der Waals surface area contributed by atoms with Gasteiger partial charge in [-0.25, -0.2) is 0 Å². The van der Waals surface area contributed by atoms with E-state index in [1.54, 1.807) is 48.3 Å². The van der Waals surface area contributed by atoms with Gasteiger partial charge in [0, 0.05) is 11.8 Å². The summed E-state index contributed by atoms with van der Waals surface area (Å²) in [7, 11) is 1.56. The Bertz CT molecular complexity index is 1200. The summed E-state index contributed by atoms with van der Waals surface area (Å²) in [5, 5.41) is 9.74. The number of pyridine rings is 1. The van der Waals surface area contributed by atoms with Crippen LogP contribution in [-0.2, 0) is 6.54 Å². The van der Waals surface area contributed by atoms with Gasteiger partial charge in [-0.1, -0.05) is 12.1 Å². The van der Waals surface area contributed by atoms with E-state index in [0.29, 0.717) is 28.5 Å². The minimum Gasteiger partial charge on any atom is -0.497 e. The zero-order valence-corrected chi connectivity index (χ0v) is 16.0. The molecule has 2 aromatic heterocycles. The van der Waals surface area contributed by atoms with E-state index in [-0.39, 0.29) is 23.6 Å². The number of methoxy groups -OCH3 is 1. The number of aryl methyl sites for hydroxylation is 1. The lowest BCUT2D eigenvalue weighted by atomic mass is 9.84. The number of nitriles is 1. The lowest BCUT2D eigenvalue weighted by Crippen LogP contribution is -2.33. The van der Waals surface area contributed by atoms with Crippen molar-refractivity contribution in [1.29, 1.82) is 5.26 Å². The lowest BCUT2D eigenvalue weighted by molar-refractivity contribution is 0.387. The number of allylic oxidation sites excluding steroid dienone is 1. The Morgan fingerprint density at radius 3 is 2.79 bits per heavy atom. The van der Waals surface area contributed by atoms with Crippen LogP contribution in [0.3, 0.4) is 0 Å². The van der Waals surface area contributed by atoms with Crippen molar-refractivity contribution in [2.45, 2.75) is 19.4 Å². The highest BCUT2D eigenvalue weighted by Gasteiger charge is 2.34. The predicted molar refractivity (Wildman–Crippen MR) is 106 cm³/mol. The van der Waals surface area contributed by atoms with Crippen molar-refractivity contribution in [2.24, 2.45) is 5.73 Å². The Labute approximate surface area is 167 Å². The highest BCUT2D eigenvalue weighted by atomic mass is 16.5. The van der Waals surface area contributed by atoms with Gasteiger partial charge in [-0.05, 0) is 36.8 Å². The summed E-state index contributed by atoms with van der Waals surface area (Å²) < 4.78 is 18.0. The van der Waals surface area contributed by atoms with Crippen LogP contribution in [0.15, 0.2) is 69.4 Å². The first-order valence-electron chi connectivity index (χ1n) is 9.01. The zero-order valence-electron chi connectivity index (χ0n) is 16.0. The Balaban J connectivity index is 1.94. The number of ether oxygens (including phenoxy) is 2. The SMILES string of the molecule is COc1cccc([C@@H]2C(C#N)=C(N)Oc3cc(C)n(Cc4ccco4)c(=O)c32)c1. The van der Waals surface area contributed by atoms with Crippen molar-refractivity contribution in [3.05, 3.63) is 93.1 Å². The van der Waals surface area contributed by atoms with Crippen molar-refractivity contribution in [3.8, 4) is 17.6 Å². The van der Waals surface area contributed by atoms with Gasteiger partial charge in [0.25, 0.3) is 5.56 Å². The molecule has 0 fully saturated rings. The molecule has 0 aliphatic carbocycles. The number of fused-ring (bicyclic) bond motifs is 1. The Morgan fingerprint density at radius 1 is 1.28 bits per heavy atom. The molecule has 1 aliphatic heterocycles.